The molecule has 0 unspecified atom stereocenters. The summed E-state index contributed by atoms with van der Waals surface area (Å²) in [6, 6.07) is 11.6. The van der Waals surface area contributed by atoms with E-state index in [0.29, 0.717) is 41.5 Å². The van der Waals surface area contributed by atoms with Crippen LogP contribution in [0.25, 0.3) is 0 Å². The summed E-state index contributed by atoms with van der Waals surface area (Å²) in [6.45, 7) is 0.972. The van der Waals surface area contributed by atoms with E-state index in [1.165, 1.54) is 6.08 Å². The molecule has 21 heavy (non-hydrogen) atoms. The minimum atomic E-state index is -0.171. The molecule has 0 bridgehead atoms. The highest BCUT2D eigenvalue weighted by molar-refractivity contribution is 6.09. The lowest BCUT2D eigenvalue weighted by atomic mass is 10.0. The predicted molar refractivity (Wildman–Crippen MR) is 75.1 cm³/mol. The van der Waals surface area contributed by atoms with Crippen LogP contribution in [0.1, 0.15) is 15.9 Å². The third kappa shape index (κ3) is 2.68. The molecule has 5 nitrogen and oxygen atoms in total. The molecule has 5 heteroatoms. The first-order valence-electron chi connectivity index (χ1n) is 6.40. The molecule has 0 saturated carbocycles. The van der Waals surface area contributed by atoms with E-state index in [2.05, 4.69) is 4.99 Å². The fraction of sp³-hybridized carbons (Fsp3) is 0.125. The Balaban J connectivity index is 1.94. The van der Waals surface area contributed by atoms with Gasteiger partial charge in [-0.15, -0.1) is 0 Å². The lowest BCUT2D eigenvalue weighted by Gasteiger charge is -2.18. The van der Waals surface area contributed by atoms with Crippen LogP contribution in [0.5, 0.6) is 11.5 Å². The van der Waals surface area contributed by atoms with E-state index in [4.69, 9.17) is 9.47 Å². The van der Waals surface area contributed by atoms with Crippen molar-refractivity contribution in [3.8, 4) is 11.5 Å². The van der Waals surface area contributed by atoms with Gasteiger partial charge >= 0.3 is 0 Å². The number of rotatable bonds is 3. The quantitative estimate of drug-likeness (QED) is 0.493. The van der Waals surface area contributed by atoms with Crippen molar-refractivity contribution in [1.29, 1.82) is 0 Å². The van der Waals surface area contributed by atoms with Crippen LogP contribution in [0.4, 0.5) is 5.69 Å². The summed E-state index contributed by atoms with van der Waals surface area (Å²) in [4.78, 5) is 26.2. The van der Waals surface area contributed by atoms with Gasteiger partial charge in [0.2, 0.25) is 6.08 Å². The maximum absolute atomic E-state index is 12.5. The minimum Gasteiger partial charge on any atom is -0.486 e. The van der Waals surface area contributed by atoms with E-state index in [0.717, 1.165) is 0 Å². The molecule has 104 valence electrons. The molecule has 1 heterocycles. The van der Waals surface area contributed by atoms with Gasteiger partial charge in [0.1, 0.15) is 13.2 Å². The third-order valence-corrected chi connectivity index (χ3v) is 3.09. The van der Waals surface area contributed by atoms with Crippen molar-refractivity contribution in [3.63, 3.8) is 0 Å². The van der Waals surface area contributed by atoms with Crippen LogP contribution in [0, 0.1) is 0 Å². The first kappa shape index (κ1) is 13.1. The normalized spacial score (nSPS) is 12.4. The van der Waals surface area contributed by atoms with Crippen molar-refractivity contribution < 1.29 is 19.1 Å². The van der Waals surface area contributed by atoms with Crippen molar-refractivity contribution in [1.82, 2.24) is 0 Å². The smallest absolute Gasteiger partial charge is 0.240 e. The first-order valence-corrected chi connectivity index (χ1v) is 6.40. The molecular weight excluding hydrogens is 270 g/mol. The van der Waals surface area contributed by atoms with Crippen LogP contribution in [0.15, 0.2) is 47.5 Å². The highest BCUT2D eigenvalue weighted by Crippen LogP contribution is 2.31. The van der Waals surface area contributed by atoms with Crippen molar-refractivity contribution in [2.24, 2.45) is 4.99 Å². The third-order valence-electron chi connectivity index (χ3n) is 3.09. The summed E-state index contributed by atoms with van der Waals surface area (Å²) in [6.07, 6.45) is 1.46. The Hall–Kier alpha value is -2.91. The Bertz CT molecular complexity index is 748. The molecule has 3 rings (SSSR count). The number of hydrogen-bond donors (Lipinski definition) is 0. The second kappa shape index (κ2) is 5.61. The number of ketones is 1. The number of carbonyl (C=O) groups is 1. The molecule has 2 aromatic carbocycles. The fourth-order valence-corrected chi connectivity index (χ4v) is 2.12. The molecule has 0 atom stereocenters. The molecule has 0 N–H and O–H groups in total. The van der Waals surface area contributed by atoms with Gasteiger partial charge in [0.15, 0.2) is 17.3 Å². The maximum Gasteiger partial charge on any atom is 0.240 e. The molecule has 0 amide bonds. The Morgan fingerprint density at radius 3 is 2.57 bits per heavy atom. The van der Waals surface area contributed by atoms with E-state index >= 15 is 0 Å². The van der Waals surface area contributed by atoms with Gasteiger partial charge in [-0.05, 0) is 30.3 Å². The zero-order valence-corrected chi connectivity index (χ0v) is 11.0. The van der Waals surface area contributed by atoms with Crippen molar-refractivity contribution >= 4 is 17.6 Å². The second-order valence-corrected chi connectivity index (χ2v) is 4.44. The molecule has 0 spiro atoms. The summed E-state index contributed by atoms with van der Waals surface area (Å²) >= 11 is 0. The van der Waals surface area contributed by atoms with E-state index in [1.807, 2.05) is 0 Å². The second-order valence-electron chi connectivity index (χ2n) is 4.44. The van der Waals surface area contributed by atoms with Crippen LogP contribution in [-0.4, -0.2) is 25.1 Å². The van der Waals surface area contributed by atoms with Crippen LogP contribution in [0.2, 0.25) is 0 Å². The summed E-state index contributed by atoms with van der Waals surface area (Å²) in [5.41, 5.74) is 1.34. The Kier molecular flexibility index (Phi) is 3.50. The maximum atomic E-state index is 12.5. The molecule has 0 radical (unpaired) electrons. The molecule has 0 aliphatic carbocycles. The molecule has 0 aromatic heterocycles. The molecular formula is C16H11NO4. The van der Waals surface area contributed by atoms with Gasteiger partial charge in [-0.25, -0.2) is 4.79 Å². The summed E-state index contributed by atoms with van der Waals surface area (Å²) < 4.78 is 10.9. The lowest BCUT2D eigenvalue weighted by Crippen LogP contribution is -2.15. The van der Waals surface area contributed by atoms with Crippen molar-refractivity contribution in [2.45, 2.75) is 0 Å². The van der Waals surface area contributed by atoms with Gasteiger partial charge in [-0.2, -0.15) is 4.99 Å². The molecule has 2 aromatic rings. The van der Waals surface area contributed by atoms with Crippen LogP contribution >= 0.6 is 0 Å². The highest BCUT2D eigenvalue weighted by Gasteiger charge is 2.16. The van der Waals surface area contributed by atoms with Crippen LogP contribution in [-0.2, 0) is 4.79 Å². The molecule has 1 aliphatic rings. The average molecular weight is 281 g/mol. The number of hydrogen-bond acceptors (Lipinski definition) is 5. The van der Waals surface area contributed by atoms with Crippen LogP contribution < -0.4 is 9.47 Å². The van der Waals surface area contributed by atoms with Gasteiger partial charge in [-0.1, -0.05) is 12.1 Å². The molecule has 0 saturated heterocycles. The Morgan fingerprint density at radius 2 is 1.76 bits per heavy atom. The van der Waals surface area contributed by atoms with E-state index in [9.17, 15) is 9.59 Å². The summed E-state index contributed by atoms with van der Waals surface area (Å²) in [7, 11) is 0. The zero-order chi connectivity index (χ0) is 14.7. The topological polar surface area (TPSA) is 65.0 Å². The monoisotopic (exact) mass is 281 g/mol. The van der Waals surface area contributed by atoms with Gasteiger partial charge < -0.3 is 9.47 Å². The molecule has 0 fully saturated rings. The largest absolute Gasteiger partial charge is 0.486 e. The Labute approximate surface area is 120 Å². The average Bonchev–Trinajstić information content (AvgIpc) is 2.54. The number of carbonyl (C=O) groups excluding carboxylic acids is 2. The standard InChI is InChI=1S/C16H11NO4/c18-10-17-13-3-1-2-11(8-13)16(19)12-4-5-14-15(9-12)21-7-6-20-14/h1-5,8-9H,6-7H2. The number of ether oxygens (including phenoxy) is 2. The number of benzene rings is 2. The zero-order valence-electron chi connectivity index (χ0n) is 11.0. The van der Waals surface area contributed by atoms with E-state index in [1.54, 1.807) is 42.5 Å². The number of nitrogens with zero attached hydrogens (tertiary/aromatic N) is 1. The summed E-state index contributed by atoms with van der Waals surface area (Å²) in [5.74, 6) is 1.03. The van der Waals surface area contributed by atoms with Crippen molar-refractivity contribution in [2.75, 3.05) is 13.2 Å². The number of aliphatic imine (C=N–C) groups is 1. The van der Waals surface area contributed by atoms with Gasteiger partial charge in [0.05, 0.1) is 5.69 Å². The van der Waals surface area contributed by atoms with Gasteiger partial charge in [0, 0.05) is 11.1 Å². The van der Waals surface area contributed by atoms with E-state index in [-0.39, 0.29) is 5.78 Å². The number of isocyanates is 1. The first-order chi connectivity index (χ1) is 10.3. The van der Waals surface area contributed by atoms with Gasteiger partial charge in [0.25, 0.3) is 0 Å². The Morgan fingerprint density at radius 1 is 1.00 bits per heavy atom. The highest BCUT2D eigenvalue weighted by atomic mass is 16.6. The lowest BCUT2D eigenvalue weighted by molar-refractivity contribution is 0.103. The van der Waals surface area contributed by atoms with Gasteiger partial charge in [-0.3, -0.25) is 4.79 Å². The SMILES string of the molecule is O=C=Nc1cccc(C(=O)c2ccc3c(c2)OCCO3)c1. The predicted octanol–water partition coefficient (Wildman–Crippen LogP) is 2.66. The van der Waals surface area contributed by atoms with Crippen molar-refractivity contribution in [3.05, 3.63) is 53.6 Å². The van der Waals surface area contributed by atoms with Crippen LogP contribution in [0.3, 0.4) is 0 Å². The number of fused-ring (bicyclic) bond motifs is 1. The van der Waals surface area contributed by atoms with E-state index < -0.39 is 0 Å². The summed E-state index contributed by atoms with van der Waals surface area (Å²) in [5, 5.41) is 0. The minimum absolute atomic E-state index is 0.171. The molecule has 1 aliphatic heterocycles. The fourth-order valence-electron chi connectivity index (χ4n) is 2.12.